The van der Waals surface area contributed by atoms with E-state index in [1.165, 1.54) is 19.1 Å². The Morgan fingerprint density at radius 1 is 1.16 bits per heavy atom. The quantitative estimate of drug-likeness (QED) is 0.848. The van der Waals surface area contributed by atoms with Gasteiger partial charge in [-0.15, -0.1) is 0 Å². The minimum atomic E-state index is -0.679. The van der Waals surface area contributed by atoms with Crippen LogP contribution in [0.3, 0.4) is 0 Å². The number of benzene rings is 2. The number of aryl methyl sites for hydroxylation is 1. The summed E-state index contributed by atoms with van der Waals surface area (Å²) < 4.78 is 19.1. The number of carbonyl (C=O) groups is 3. The van der Waals surface area contributed by atoms with Crippen LogP contribution in [-0.4, -0.2) is 24.1 Å². The van der Waals surface area contributed by atoms with Gasteiger partial charge in [-0.3, -0.25) is 14.4 Å². The molecular weight excluding hydrogens is 325 g/mol. The smallest absolute Gasteiger partial charge is 0.224 e. The number of anilines is 1. The summed E-state index contributed by atoms with van der Waals surface area (Å²) in [6.45, 7) is 1.03. The SMILES string of the molecule is CC(=O)c1ccc(OCC(=O)c2ccc3c(c2)CCC(=O)N3)cc1F. The van der Waals surface area contributed by atoms with Crippen LogP contribution in [0.2, 0.25) is 0 Å². The highest BCUT2D eigenvalue weighted by Gasteiger charge is 2.17. The second-order valence-electron chi connectivity index (χ2n) is 5.83. The zero-order valence-electron chi connectivity index (χ0n) is 13.6. The summed E-state index contributed by atoms with van der Waals surface area (Å²) in [6.07, 6.45) is 0.976. The molecule has 6 heteroatoms. The van der Waals surface area contributed by atoms with E-state index in [-0.39, 0.29) is 35.4 Å². The molecule has 1 heterocycles. The highest BCUT2D eigenvalue weighted by molar-refractivity contribution is 5.99. The lowest BCUT2D eigenvalue weighted by atomic mass is 9.99. The van der Waals surface area contributed by atoms with Crippen molar-refractivity contribution in [3.63, 3.8) is 0 Å². The van der Waals surface area contributed by atoms with Gasteiger partial charge in [0.15, 0.2) is 18.2 Å². The maximum atomic E-state index is 13.7. The lowest BCUT2D eigenvalue weighted by molar-refractivity contribution is -0.116. The van der Waals surface area contributed by atoms with Gasteiger partial charge in [-0.2, -0.15) is 0 Å². The first-order valence-corrected chi connectivity index (χ1v) is 7.83. The molecule has 0 saturated heterocycles. The number of nitrogens with one attached hydrogen (secondary N) is 1. The fraction of sp³-hybridized carbons (Fsp3) is 0.211. The van der Waals surface area contributed by atoms with Gasteiger partial charge in [0.2, 0.25) is 5.91 Å². The molecule has 0 spiro atoms. The van der Waals surface area contributed by atoms with E-state index in [0.29, 0.717) is 18.4 Å². The Morgan fingerprint density at radius 2 is 1.96 bits per heavy atom. The average molecular weight is 341 g/mol. The predicted molar refractivity (Wildman–Crippen MR) is 89.6 cm³/mol. The van der Waals surface area contributed by atoms with E-state index in [0.717, 1.165) is 17.3 Å². The van der Waals surface area contributed by atoms with Gasteiger partial charge < -0.3 is 10.1 Å². The number of hydrogen-bond donors (Lipinski definition) is 1. The third-order valence-electron chi connectivity index (χ3n) is 4.01. The number of rotatable bonds is 5. The number of carbonyl (C=O) groups excluding carboxylic acids is 3. The van der Waals surface area contributed by atoms with Crippen LogP contribution >= 0.6 is 0 Å². The highest BCUT2D eigenvalue weighted by Crippen LogP contribution is 2.24. The van der Waals surface area contributed by atoms with Crippen LogP contribution in [0.4, 0.5) is 10.1 Å². The van der Waals surface area contributed by atoms with Crippen molar-refractivity contribution in [2.24, 2.45) is 0 Å². The summed E-state index contributed by atoms with van der Waals surface area (Å²) in [6, 6.07) is 8.93. The Hall–Kier alpha value is -3.02. The van der Waals surface area contributed by atoms with Gasteiger partial charge in [-0.25, -0.2) is 4.39 Å². The Kier molecular flexibility index (Phi) is 4.61. The van der Waals surface area contributed by atoms with Crippen LogP contribution in [-0.2, 0) is 11.2 Å². The van der Waals surface area contributed by atoms with Crippen molar-refractivity contribution in [1.82, 2.24) is 0 Å². The van der Waals surface area contributed by atoms with E-state index in [4.69, 9.17) is 4.74 Å². The Bertz CT molecular complexity index is 876. The van der Waals surface area contributed by atoms with E-state index in [9.17, 15) is 18.8 Å². The first kappa shape index (κ1) is 16.8. The normalized spacial score (nSPS) is 13.0. The van der Waals surface area contributed by atoms with E-state index < -0.39 is 5.82 Å². The fourth-order valence-electron chi connectivity index (χ4n) is 2.66. The van der Waals surface area contributed by atoms with Gasteiger partial charge in [0.05, 0.1) is 5.56 Å². The molecule has 0 aromatic heterocycles. The third kappa shape index (κ3) is 3.74. The summed E-state index contributed by atoms with van der Waals surface area (Å²) >= 11 is 0. The van der Waals surface area contributed by atoms with Crippen LogP contribution in [0.25, 0.3) is 0 Å². The molecule has 1 amide bonds. The molecule has 2 aromatic rings. The standard InChI is InChI=1S/C19H16FNO4/c1-11(22)15-5-4-14(9-16(15)20)25-10-18(23)13-2-6-17-12(8-13)3-7-19(24)21-17/h2,4-6,8-9H,3,7,10H2,1H3,(H,21,24). The van der Waals surface area contributed by atoms with E-state index in [1.54, 1.807) is 18.2 Å². The van der Waals surface area contributed by atoms with Gasteiger partial charge in [-0.05, 0) is 49.2 Å². The summed E-state index contributed by atoms with van der Waals surface area (Å²) in [5.41, 5.74) is 2.07. The number of hydrogen-bond acceptors (Lipinski definition) is 4. The van der Waals surface area contributed by atoms with Gasteiger partial charge in [0.25, 0.3) is 0 Å². The molecule has 0 bridgehead atoms. The maximum Gasteiger partial charge on any atom is 0.224 e. The van der Waals surface area contributed by atoms with Crippen molar-refractivity contribution in [2.75, 3.05) is 11.9 Å². The number of fused-ring (bicyclic) bond motifs is 1. The van der Waals surface area contributed by atoms with Crippen molar-refractivity contribution in [2.45, 2.75) is 19.8 Å². The van der Waals surface area contributed by atoms with Crippen LogP contribution in [0, 0.1) is 5.82 Å². The molecule has 0 radical (unpaired) electrons. The summed E-state index contributed by atoms with van der Waals surface area (Å²) in [7, 11) is 0. The van der Waals surface area contributed by atoms with Crippen molar-refractivity contribution >= 4 is 23.2 Å². The highest BCUT2D eigenvalue weighted by atomic mass is 19.1. The minimum absolute atomic E-state index is 0.0181. The number of halogens is 1. The molecule has 5 nitrogen and oxygen atoms in total. The van der Waals surface area contributed by atoms with E-state index in [1.807, 2.05) is 0 Å². The second-order valence-corrected chi connectivity index (χ2v) is 5.83. The second kappa shape index (κ2) is 6.84. The van der Waals surface area contributed by atoms with Crippen LogP contribution < -0.4 is 10.1 Å². The fourth-order valence-corrected chi connectivity index (χ4v) is 2.66. The van der Waals surface area contributed by atoms with Crippen molar-refractivity contribution in [3.05, 3.63) is 58.9 Å². The van der Waals surface area contributed by atoms with Gasteiger partial charge >= 0.3 is 0 Å². The zero-order chi connectivity index (χ0) is 18.0. The molecule has 25 heavy (non-hydrogen) atoms. The van der Waals surface area contributed by atoms with Crippen LogP contribution in [0.5, 0.6) is 5.75 Å². The zero-order valence-corrected chi connectivity index (χ0v) is 13.6. The Labute approximate surface area is 143 Å². The molecule has 0 aliphatic carbocycles. The molecule has 0 saturated carbocycles. The maximum absolute atomic E-state index is 13.7. The van der Waals surface area contributed by atoms with E-state index >= 15 is 0 Å². The van der Waals surface area contributed by atoms with Crippen LogP contribution in [0.1, 0.15) is 39.6 Å². The molecule has 1 aliphatic rings. The summed E-state index contributed by atoms with van der Waals surface area (Å²) in [5.74, 6) is -1.16. The lowest BCUT2D eigenvalue weighted by Gasteiger charge is -2.17. The average Bonchev–Trinajstić information content (AvgIpc) is 2.58. The number of ether oxygens (including phenoxy) is 1. The summed E-state index contributed by atoms with van der Waals surface area (Å²) in [4.78, 5) is 34.8. The minimum Gasteiger partial charge on any atom is -0.485 e. The molecule has 0 unspecified atom stereocenters. The van der Waals surface area contributed by atoms with Crippen LogP contribution in [0.15, 0.2) is 36.4 Å². The topological polar surface area (TPSA) is 72.5 Å². The third-order valence-corrected chi connectivity index (χ3v) is 4.01. The van der Waals surface area contributed by atoms with Gasteiger partial charge in [0, 0.05) is 23.7 Å². The molecule has 0 atom stereocenters. The van der Waals surface area contributed by atoms with Crippen molar-refractivity contribution in [1.29, 1.82) is 0 Å². The Morgan fingerprint density at radius 3 is 2.68 bits per heavy atom. The summed E-state index contributed by atoms with van der Waals surface area (Å²) in [5, 5.41) is 2.75. The number of ketones is 2. The van der Waals surface area contributed by atoms with Crippen molar-refractivity contribution in [3.8, 4) is 5.75 Å². The predicted octanol–water partition coefficient (Wildman–Crippen LogP) is 3.17. The monoisotopic (exact) mass is 341 g/mol. The van der Waals surface area contributed by atoms with Gasteiger partial charge in [-0.1, -0.05) is 0 Å². The molecule has 3 rings (SSSR count). The molecule has 0 fully saturated rings. The number of Topliss-reactive ketones (excluding diaryl/α,β-unsaturated/α-hetero) is 2. The molecule has 2 aromatic carbocycles. The molecular formula is C19H16FNO4. The Balaban J connectivity index is 1.68. The number of amides is 1. The first-order valence-electron chi connectivity index (χ1n) is 7.83. The lowest BCUT2D eigenvalue weighted by Crippen LogP contribution is -2.20. The first-order chi connectivity index (χ1) is 11.9. The molecule has 1 aliphatic heterocycles. The van der Waals surface area contributed by atoms with E-state index in [2.05, 4.69) is 5.32 Å². The van der Waals surface area contributed by atoms with Gasteiger partial charge in [0.1, 0.15) is 11.6 Å². The largest absolute Gasteiger partial charge is 0.485 e. The molecule has 128 valence electrons. The molecule has 1 N–H and O–H groups in total. The van der Waals surface area contributed by atoms with Crippen molar-refractivity contribution < 1.29 is 23.5 Å².